The van der Waals surface area contributed by atoms with Crippen molar-refractivity contribution in [2.45, 2.75) is 104 Å². The third-order valence-corrected chi connectivity index (χ3v) is 4.26. The minimum absolute atomic E-state index is 0.366. The second-order valence-electron chi connectivity index (χ2n) is 6.26. The third-order valence-electron chi connectivity index (χ3n) is 4.26. The zero-order valence-corrected chi connectivity index (χ0v) is 15.0. The van der Waals surface area contributed by atoms with Crippen LogP contribution in [0.15, 0.2) is 0 Å². The maximum Gasteiger partial charge on any atom is 0.222 e. The first-order valence-electron chi connectivity index (χ1n) is 9.54. The molecule has 0 aromatic carbocycles. The summed E-state index contributed by atoms with van der Waals surface area (Å²) >= 11 is 0. The summed E-state index contributed by atoms with van der Waals surface area (Å²) in [5, 5.41) is 0. The van der Waals surface area contributed by atoms with Gasteiger partial charge in [-0.05, 0) is 19.8 Å². The molecule has 0 aliphatic carbocycles. The van der Waals surface area contributed by atoms with Crippen molar-refractivity contribution in [3.8, 4) is 0 Å². The molecule has 126 valence electrons. The monoisotopic (exact) mass is 297 g/mol. The van der Waals surface area contributed by atoms with Crippen LogP contribution in [0.2, 0.25) is 0 Å². The Bertz CT molecular complexity index is 228. The summed E-state index contributed by atoms with van der Waals surface area (Å²) in [6.07, 6.45) is 16.3. The Morgan fingerprint density at radius 1 is 0.667 bits per heavy atom. The normalized spacial score (nSPS) is 10.8. The fourth-order valence-corrected chi connectivity index (χ4v) is 2.76. The highest BCUT2D eigenvalue weighted by Gasteiger charge is 2.10. The van der Waals surface area contributed by atoms with Gasteiger partial charge >= 0.3 is 0 Å². The lowest BCUT2D eigenvalue weighted by Crippen LogP contribution is -2.31. The smallest absolute Gasteiger partial charge is 0.222 e. The first-order chi connectivity index (χ1) is 10.3. The Morgan fingerprint density at radius 2 is 1.14 bits per heavy atom. The summed E-state index contributed by atoms with van der Waals surface area (Å²) in [7, 11) is 0. The number of rotatable bonds is 15. The van der Waals surface area contributed by atoms with E-state index in [0.29, 0.717) is 5.91 Å². The standard InChI is InChI=1S/C19H39NO/c1-4-7-9-10-11-12-13-14-16-18-20(6-3)19(21)17-15-8-5-2/h4-18H2,1-3H3. The van der Waals surface area contributed by atoms with Crippen LogP contribution in [-0.2, 0) is 4.79 Å². The van der Waals surface area contributed by atoms with Crippen LogP contribution in [0.4, 0.5) is 0 Å². The van der Waals surface area contributed by atoms with E-state index in [1.165, 1.54) is 70.6 Å². The summed E-state index contributed by atoms with van der Waals surface area (Å²) in [5.74, 6) is 0.366. The van der Waals surface area contributed by atoms with Gasteiger partial charge in [-0.25, -0.2) is 0 Å². The van der Waals surface area contributed by atoms with Gasteiger partial charge in [0.1, 0.15) is 0 Å². The Morgan fingerprint density at radius 3 is 1.67 bits per heavy atom. The average Bonchev–Trinajstić information content (AvgIpc) is 2.49. The highest BCUT2D eigenvalue weighted by molar-refractivity contribution is 5.76. The summed E-state index contributed by atoms with van der Waals surface area (Å²) in [6.45, 7) is 8.40. The number of hydrogen-bond donors (Lipinski definition) is 0. The molecule has 0 N–H and O–H groups in total. The first kappa shape index (κ1) is 20.5. The van der Waals surface area contributed by atoms with E-state index in [4.69, 9.17) is 0 Å². The van der Waals surface area contributed by atoms with Gasteiger partial charge in [-0.2, -0.15) is 0 Å². The van der Waals surface area contributed by atoms with E-state index < -0.39 is 0 Å². The number of amides is 1. The van der Waals surface area contributed by atoms with Gasteiger partial charge in [0.15, 0.2) is 0 Å². The van der Waals surface area contributed by atoms with Crippen molar-refractivity contribution in [3.05, 3.63) is 0 Å². The predicted molar refractivity (Wildman–Crippen MR) is 93.6 cm³/mol. The van der Waals surface area contributed by atoms with Crippen LogP contribution in [0.25, 0.3) is 0 Å². The van der Waals surface area contributed by atoms with E-state index in [1.54, 1.807) is 0 Å². The maximum atomic E-state index is 12.0. The van der Waals surface area contributed by atoms with Crippen LogP contribution < -0.4 is 0 Å². The van der Waals surface area contributed by atoms with Crippen molar-refractivity contribution < 1.29 is 4.79 Å². The minimum Gasteiger partial charge on any atom is -0.343 e. The fraction of sp³-hybridized carbons (Fsp3) is 0.947. The molecular formula is C19H39NO. The lowest BCUT2D eigenvalue weighted by Gasteiger charge is -2.20. The van der Waals surface area contributed by atoms with Crippen molar-refractivity contribution in [1.29, 1.82) is 0 Å². The molecule has 0 saturated carbocycles. The van der Waals surface area contributed by atoms with Crippen LogP contribution in [0, 0.1) is 0 Å². The predicted octanol–water partition coefficient (Wildman–Crippen LogP) is 5.95. The SMILES string of the molecule is CCCCCCCCCCCN(CC)C(=O)CCCCC. The van der Waals surface area contributed by atoms with Crippen molar-refractivity contribution >= 4 is 5.91 Å². The van der Waals surface area contributed by atoms with Gasteiger partial charge in [-0.1, -0.05) is 78.1 Å². The third kappa shape index (κ3) is 12.9. The van der Waals surface area contributed by atoms with Gasteiger partial charge in [0.05, 0.1) is 0 Å². The van der Waals surface area contributed by atoms with Crippen molar-refractivity contribution in [2.75, 3.05) is 13.1 Å². The molecule has 0 bridgehead atoms. The largest absolute Gasteiger partial charge is 0.343 e. The molecule has 1 amide bonds. The summed E-state index contributed by atoms with van der Waals surface area (Å²) < 4.78 is 0. The molecule has 0 rings (SSSR count). The molecule has 0 unspecified atom stereocenters. The molecule has 0 aromatic rings. The minimum atomic E-state index is 0.366. The van der Waals surface area contributed by atoms with Crippen molar-refractivity contribution in [1.82, 2.24) is 4.90 Å². The Kier molecular flexibility index (Phi) is 15.5. The zero-order chi connectivity index (χ0) is 15.8. The number of nitrogens with zero attached hydrogens (tertiary/aromatic N) is 1. The molecule has 0 saturated heterocycles. The van der Waals surface area contributed by atoms with Crippen molar-refractivity contribution in [3.63, 3.8) is 0 Å². The Labute approximate surface area is 133 Å². The molecule has 0 aliphatic heterocycles. The second-order valence-corrected chi connectivity index (χ2v) is 6.26. The molecule has 0 heterocycles. The van der Waals surface area contributed by atoms with Crippen LogP contribution >= 0.6 is 0 Å². The lowest BCUT2D eigenvalue weighted by molar-refractivity contribution is -0.131. The number of carbonyl (C=O) groups excluding carboxylic acids is 1. The molecule has 2 heteroatoms. The van der Waals surface area contributed by atoms with E-state index in [2.05, 4.69) is 25.7 Å². The Hall–Kier alpha value is -0.530. The van der Waals surface area contributed by atoms with E-state index >= 15 is 0 Å². The summed E-state index contributed by atoms with van der Waals surface area (Å²) in [5.41, 5.74) is 0. The molecule has 2 nitrogen and oxygen atoms in total. The number of carbonyl (C=O) groups is 1. The van der Waals surface area contributed by atoms with E-state index in [0.717, 1.165) is 25.9 Å². The zero-order valence-electron chi connectivity index (χ0n) is 15.0. The molecule has 0 atom stereocenters. The number of hydrogen-bond acceptors (Lipinski definition) is 1. The van der Waals surface area contributed by atoms with E-state index in [9.17, 15) is 4.79 Å². The van der Waals surface area contributed by atoms with Gasteiger partial charge in [-0.3, -0.25) is 4.79 Å². The highest BCUT2D eigenvalue weighted by Crippen LogP contribution is 2.10. The number of unbranched alkanes of at least 4 members (excludes halogenated alkanes) is 10. The topological polar surface area (TPSA) is 20.3 Å². The van der Waals surface area contributed by atoms with E-state index in [1.807, 2.05) is 0 Å². The van der Waals surface area contributed by atoms with Crippen LogP contribution in [0.5, 0.6) is 0 Å². The van der Waals surface area contributed by atoms with Crippen LogP contribution in [-0.4, -0.2) is 23.9 Å². The van der Waals surface area contributed by atoms with Gasteiger partial charge in [-0.15, -0.1) is 0 Å². The van der Waals surface area contributed by atoms with E-state index in [-0.39, 0.29) is 0 Å². The Balaban J connectivity index is 3.48. The summed E-state index contributed by atoms with van der Waals surface area (Å²) in [6, 6.07) is 0. The highest BCUT2D eigenvalue weighted by atomic mass is 16.2. The van der Waals surface area contributed by atoms with Crippen LogP contribution in [0.3, 0.4) is 0 Å². The average molecular weight is 298 g/mol. The molecule has 0 aliphatic rings. The summed E-state index contributed by atoms with van der Waals surface area (Å²) in [4.78, 5) is 14.1. The molecular weight excluding hydrogens is 258 g/mol. The van der Waals surface area contributed by atoms with Gasteiger partial charge in [0.25, 0.3) is 0 Å². The molecule has 0 spiro atoms. The fourth-order valence-electron chi connectivity index (χ4n) is 2.76. The van der Waals surface area contributed by atoms with Gasteiger partial charge < -0.3 is 4.90 Å². The molecule has 21 heavy (non-hydrogen) atoms. The second kappa shape index (κ2) is 15.9. The first-order valence-corrected chi connectivity index (χ1v) is 9.54. The molecule has 0 radical (unpaired) electrons. The van der Waals surface area contributed by atoms with Gasteiger partial charge in [0, 0.05) is 19.5 Å². The maximum absolute atomic E-state index is 12.0. The van der Waals surface area contributed by atoms with Crippen molar-refractivity contribution in [2.24, 2.45) is 0 Å². The molecule has 0 fully saturated rings. The van der Waals surface area contributed by atoms with Crippen LogP contribution in [0.1, 0.15) is 104 Å². The lowest BCUT2D eigenvalue weighted by atomic mass is 10.1. The quantitative estimate of drug-likeness (QED) is 0.342. The molecule has 0 aromatic heterocycles. The van der Waals surface area contributed by atoms with Gasteiger partial charge in [0.2, 0.25) is 5.91 Å².